The quantitative estimate of drug-likeness (QED) is 0.469. The van der Waals surface area contributed by atoms with Gasteiger partial charge in [-0.05, 0) is 12.5 Å². The summed E-state index contributed by atoms with van der Waals surface area (Å²) in [6, 6.07) is 0. The zero-order valence-corrected chi connectivity index (χ0v) is 7.43. The Balaban J connectivity index is 2.60. The van der Waals surface area contributed by atoms with E-state index in [1.165, 1.54) is 0 Å². The molecule has 1 heterocycles. The average Bonchev–Trinajstić information content (AvgIpc) is 2.50. The van der Waals surface area contributed by atoms with E-state index in [1.807, 2.05) is 6.92 Å². The van der Waals surface area contributed by atoms with Crippen molar-refractivity contribution in [3.05, 3.63) is 12.2 Å². The highest BCUT2D eigenvalue weighted by molar-refractivity contribution is 5.07. The van der Waals surface area contributed by atoms with Gasteiger partial charge in [0.1, 0.15) is 0 Å². The Morgan fingerprint density at radius 1 is 1.58 bits per heavy atom. The summed E-state index contributed by atoms with van der Waals surface area (Å²) < 4.78 is 11.0. The van der Waals surface area contributed by atoms with Crippen molar-refractivity contribution >= 4 is 0 Å². The summed E-state index contributed by atoms with van der Waals surface area (Å²) in [7, 11) is 0. The fourth-order valence-corrected chi connectivity index (χ4v) is 1.30. The van der Waals surface area contributed by atoms with E-state index in [-0.39, 0.29) is 0 Å². The minimum Gasteiger partial charge on any atom is -0.344 e. The summed E-state index contributed by atoms with van der Waals surface area (Å²) >= 11 is 0. The summed E-state index contributed by atoms with van der Waals surface area (Å²) in [5.74, 6) is 1.98. The molecule has 2 nitrogen and oxygen atoms in total. The average molecular weight is 166 g/mol. The summed E-state index contributed by atoms with van der Waals surface area (Å²) in [5, 5.41) is 0. The van der Waals surface area contributed by atoms with E-state index in [0.29, 0.717) is 26.1 Å². The summed E-state index contributed by atoms with van der Waals surface area (Å²) in [6.07, 6.45) is 6.54. The molecular formula is C10H14O2. The molecule has 1 saturated heterocycles. The molecule has 0 unspecified atom stereocenters. The molecule has 2 heteroatoms. The second kappa shape index (κ2) is 3.75. The van der Waals surface area contributed by atoms with Gasteiger partial charge in [-0.15, -0.1) is 12.3 Å². The lowest BCUT2D eigenvalue weighted by atomic mass is 10.0. The van der Waals surface area contributed by atoms with Gasteiger partial charge in [0.05, 0.1) is 13.2 Å². The van der Waals surface area contributed by atoms with Gasteiger partial charge in [-0.25, -0.2) is 0 Å². The van der Waals surface area contributed by atoms with Gasteiger partial charge in [0.25, 0.3) is 0 Å². The first-order chi connectivity index (χ1) is 5.71. The summed E-state index contributed by atoms with van der Waals surface area (Å²) in [4.78, 5) is 0. The molecule has 0 saturated carbocycles. The number of ether oxygens (including phenoxy) is 2. The molecule has 0 aromatic rings. The van der Waals surface area contributed by atoms with Crippen molar-refractivity contribution in [3.8, 4) is 12.3 Å². The van der Waals surface area contributed by atoms with Gasteiger partial charge in [0.2, 0.25) is 0 Å². The molecule has 12 heavy (non-hydrogen) atoms. The van der Waals surface area contributed by atoms with E-state index < -0.39 is 5.79 Å². The van der Waals surface area contributed by atoms with E-state index >= 15 is 0 Å². The van der Waals surface area contributed by atoms with Crippen LogP contribution in [0.4, 0.5) is 0 Å². The molecular weight excluding hydrogens is 152 g/mol. The number of terminal acetylenes is 1. The third kappa shape index (κ3) is 1.69. The molecule has 0 spiro atoms. The fraction of sp³-hybridized carbons (Fsp3) is 0.600. The first-order valence-electron chi connectivity index (χ1n) is 4.08. The minimum absolute atomic E-state index is 0.591. The Hall–Kier alpha value is -0.780. The molecule has 0 aliphatic carbocycles. The van der Waals surface area contributed by atoms with Crippen LogP contribution in [0.1, 0.15) is 19.8 Å². The van der Waals surface area contributed by atoms with Crippen LogP contribution in [-0.4, -0.2) is 19.0 Å². The van der Waals surface area contributed by atoms with Crippen LogP contribution in [0.5, 0.6) is 0 Å². The molecule has 0 radical (unpaired) electrons. The lowest BCUT2D eigenvalue weighted by molar-refractivity contribution is -0.129. The summed E-state index contributed by atoms with van der Waals surface area (Å²) in [6.45, 7) is 7.02. The molecule has 1 aliphatic rings. The van der Waals surface area contributed by atoms with Gasteiger partial charge in [-0.1, -0.05) is 6.58 Å². The topological polar surface area (TPSA) is 18.5 Å². The van der Waals surface area contributed by atoms with E-state index in [2.05, 4.69) is 12.5 Å². The number of hydrogen-bond donors (Lipinski definition) is 0. The molecule has 66 valence electrons. The summed E-state index contributed by atoms with van der Waals surface area (Å²) in [5.41, 5.74) is 0.898. The lowest BCUT2D eigenvalue weighted by Crippen LogP contribution is -2.30. The molecule has 0 aromatic heterocycles. The molecule has 1 fully saturated rings. The van der Waals surface area contributed by atoms with Crippen molar-refractivity contribution in [2.24, 2.45) is 0 Å². The predicted molar refractivity (Wildman–Crippen MR) is 47.5 cm³/mol. The normalized spacial score (nSPS) is 20.3. The Kier molecular flexibility index (Phi) is 2.91. The van der Waals surface area contributed by atoms with Gasteiger partial charge in [0, 0.05) is 12.8 Å². The van der Waals surface area contributed by atoms with E-state index in [0.717, 1.165) is 5.57 Å². The first-order valence-corrected chi connectivity index (χ1v) is 4.08. The third-order valence-electron chi connectivity index (χ3n) is 2.00. The zero-order chi connectivity index (χ0) is 9.03. The van der Waals surface area contributed by atoms with Gasteiger partial charge in [0.15, 0.2) is 5.79 Å². The Labute approximate surface area is 73.6 Å². The maximum absolute atomic E-state index is 5.49. The van der Waals surface area contributed by atoms with Crippen molar-refractivity contribution in [1.29, 1.82) is 0 Å². The van der Waals surface area contributed by atoms with Crippen molar-refractivity contribution in [2.75, 3.05) is 13.2 Å². The maximum atomic E-state index is 5.49. The Bertz CT molecular complexity index is 206. The second-order valence-electron chi connectivity index (χ2n) is 2.93. The van der Waals surface area contributed by atoms with Crippen molar-refractivity contribution in [2.45, 2.75) is 25.6 Å². The molecule has 0 aromatic carbocycles. The fourth-order valence-electron chi connectivity index (χ4n) is 1.30. The number of hydrogen-bond acceptors (Lipinski definition) is 2. The highest BCUT2D eigenvalue weighted by Crippen LogP contribution is 2.31. The first kappa shape index (κ1) is 9.31. The van der Waals surface area contributed by atoms with E-state index in [9.17, 15) is 0 Å². The number of rotatable bonds is 3. The van der Waals surface area contributed by atoms with Crippen molar-refractivity contribution < 1.29 is 9.47 Å². The molecule has 0 bridgehead atoms. The second-order valence-corrected chi connectivity index (χ2v) is 2.93. The highest BCUT2D eigenvalue weighted by atomic mass is 16.7. The maximum Gasteiger partial charge on any atom is 0.191 e. The van der Waals surface area contributed by atoms with Crippen molar-refractivity contribution in [1.82, 2.24) is 0 Å². The monoisotopic (exact) mass is 166 g/mol. The van der Waals surface area contributed by atoms with Crippen LogP contribution in [-0.2, 0) is 9.47 Å². The minimum atomic E-state index is -0.591. The van der Waals surface area contributed by atoms with Crippen LogP contribution in [0, 0.1) is 12.3 Å². The SMILES string of the molecule is C#CCCC1(C(=C)C)OCCO1. The van der Waals surface area contributed by atoms with E-state index in [1.54, 1.807) is 0 Å². The molecule has 0 N–H and O–H groups in total. The van der Waals surface area contributed by atoms with Crippen LogP contribution < -0.4 is 0 Å². The van der Waals surface area contributed by atoms with Gasteiger partial charge in [-0.3, -0.25) is 0 Å². The Morgan fingerprint density at radius 2 is 2.17 bits per heavy atom. The largest absolute Gasteiger partial charge is 0.344 e. The molecule has 0 amide bonds. The standard InChI is InChI=1S/C10H14O2/c1-4-5-6-10(9(2)3)11-7-8-12-10/h1H,2,5-8H2,3H3. The molecule has 0 atom stereocenters. The predicted octanol–water partition coefficient (Wildman–Crippen LogP) is 1.72. The Morgan fingerprint density at radius 3 is 2.58 bits per heavy atom. The van der Waals surface area contributed by atoms with Crippen LogP contribution in [0.2, 0.25) is 0 Å². The van der Waals surface area contributed by atoms with Gasteiger partial charge in [-0.2, -0.15) is 0 Å². The lowest BCUT2D eigenvalue weighted by Gasteiger charge is -2.26. The van der Waals surface area contributed by atoms with Crippen molar-refractivity contribution in [3.63, 3.8) is 0 Å². The van der Waals surface area contributed by atoms with Crippen LogP contribution >= 0.6 is 0 Å². The van der Waals surface area contributed by atoms with E-state index in [4.69, 9.17) is 15.9 Å². The van der Waals surface area contributed by atoms with Gasteiger partial charge < -0.3 is 9.47 Å². The van der Waals surface area contributed by atoms with Crippen LogP contribution in [0.3, 0.4) is 0 Å². The van der Waals surface area contributed by atoms with Crippen LogP contribution in [0.25, 0.3) is 0 Å². The highest BCUT2D eigenvalue weighted by Gasteiger charge is 2.36. The third-order valence-corrected chi connectivity index (χ3v) is 2.00. The van der Waals surface area contributed by atoms with Gasteiger partial charge >= 0.3 is 0 Å². The van der Waals surface area contributed by atoms with Crippen LogP contribution in [0.15, 0.2) is 12.2 Å². The zero-order valence-electron chi connectivity index (χ0n) is 7.43. The smallest absolute Gasteiger partial charge is 0.191 e. The molecule has 1 aliphatic heterocycles. The molecule has 1 rings (SSSR count).